The van der Waals surface area contributed by atoms with E-state index in [1.165, 1.54) is 0 Å². The molecular formula is C24H16N2O3. The van der Waals surface area contributed by atoms with Crippen LogP contribution in [0.3, 0.4) is 0 Å². The largest absolute Gasteiger partial charge is 0.332 e. The van der Waals surface area contributed by atoms with Gasteiger partial charge in [-0.1, -0.05) is 91.0 Å². The normalized spacial score (nSPS) is 10.5. The molecule has 0 fully saturated rings. The number of H-pyrrole nitrogens is 1. The molecule has 140 valence electrons. The summed E-state index contributed by atoms with van der Waals surface area (Å²) in [5.41, 5.74) is 1.14. The molecule has 5 heteroatoms. The number of aromatic nitrogens is 2. The van der Waals surface area contributed by atoms with E-state index in [2.05, 4.69) is 9.97 Å². The third-order valence-electron chi connectivity index (χ3n) is 4.47. The maximum Gasteiger partial charge on any atom is 0.228 e. The minimum atomic E-state index is -0.423. The Hall–Kier alpha value is -4.12. The van der Waals surface area contributed by atoms with E-state index in [1.54, 1.807) is 91.0 Å². The molecule has 1 N–H and O–H groups in total. The van der Waals surface area contributed by atoms with Gasteiger partial charge in [0.25, 0.3) is 0 Å². The number of ketones is 3. The molecule has 0 atom stereocenters. The smallest absolute Gasteiger partial charge is 0.228 e. The second-order valence-corrected chi connectivity index (χ2v) is 6.39. The molecule has 29 heavy (non-hydrogen) atoms. The number of aromatic amines is 1. The van der Waals surface area contributed by atoms with Crippen LogP contribution in [-0.2, 0) is 0 Å². The molecule has 5 nitrogen and oxygen atoms in total. The van der Waals surface area contributed by atoms with Gasteiger partial charge in [0.15, 0.2) is 5.82 Å². The molecule has 0 aliphatic carbocycles. The van der Waals surface area contributed by atoms with E-state index >= 15 is 0 Å². The van der Waals surface area contributed by atoms with Crippen LogP contribution in [-0.4, -0.2) is 27.3 Å². The molecule has 1 heterocycles. The summed E-state index contributed by atoms with van der Waals surface area (Å²) in [6.07, 6.45) is 0. The molecule has 0 aliphatic rings. The zero-order chi connectivity index (χ0) is 20.2. The van der Waals surface area contributed by atoms with Crippen molar-refractivity contribution >= 4 is 17.3 Å². The third-order valence-corrected chi connectivity index (χ3v) is 4.47. The van der Waals surface area contributed by atoms with E-state index in [1.807, 2.05) is 0 Å². The summed E-state index contributed by atoms with van der Waals surface area (Å²) in [4.78, 5) is 45.9. The van der Waals surface area contributed by atoms with Gasteiger partial charge in [-0.15, -0.1) is 0 Å². The van der Waals surface area contributed by atoms with Gasteiger partial charge < -0.3 is 4.98 Å². The number of nitrogens with zero attached hydrogens (tertiary/aromatic N) is 1. The Balaban J connectivity index is 1.82. The van der Waals surface area contributed by atoms with Crippen molar-refractivity contribution in [3.8, 4) is 0 Å². The molecule has 0 bridgehead atoms. The number of hydrogen-bond acceptors (Lipinski definition) is 4. The fourth-order valence-electron chi connectivity index (χ4n) is 3.00. The molecule has 0 radical (unpaired) electrons. The Morgan fingerprint density at radius 3 is 1.45 bits per heavy atom. The lowest BCUT2D eigenvalue weighted by Gasteiger charge is -2.02. The van der Waals surface area contributed by atoms with Crippen LogP contribution in [0.2, 0.25) is 0 Å². The monoisotopic (exact) mass is 380 g/mol. The predicted molar refractivity (Wildman–Crippen MR) is 108 cm³/mol. The van der Waals surface area contributed by atoms with Crippen molar-refractivity contribution < 1.29 is 14.4 Å². The summed E-state index contributed by atoms with van der Waals surface area (Å²) in [6, 6.07) is 25.7. The first-order chi connectivity index (χ1) is 14.1. The average molecular weight is 380 g/mol. The fraction of sp³-hybridized carbons (Fsp3) is 0. The SMILES string of the molecule is O=C(c1ccccc1)c1nc(C(=O)c2ccccc2)c(C(=O)c2ccccc2)[nH]1. The van der Waals surface area contributed by atoms with Crippen LogP contribution in [0, 0.1) is 0 Å². The number of carbonyl (C=O) groups is 3. The van der Waals surface area contributed by atoms with E-state index in [-0.39, 0.29) is 23.0 Å². The lowest BCUT2D eigenvalue weighted by molar-refractivity contribution is 0.0998. The Morgan fingerprint density at radius 1 is 0.552 bits per heavy atom. The van der Waals surface area contributed by atoms with Crippen LogP contribution >= 0.6 is 0 Å². The second-order valence-electron chi connectivity index (χ2n) is 6.39. The number of nitrogens with one attached hydrogen (secondary N) is 1. The van der Waals surface area contributed by atoms with Gasteiger partial charge >= 0.3 is 0 Å². The molecule has 4 rings (SSSR count). The zero-order valence-corrected chi connectivity index (χ0v) is 15.3. The highest BCUT2D eigenvalue weighted by atomic mass is 16.1. The van der Waals surface area contributed by atoms with Crippen molar-refractivity contribution in [1.29, 1.82) is 0 Å². The van der Waals surface area contributed by atoms with Crippen LogP contribution in [0.1, 0.15) is 48.3 Å². The standard InChI is InChI=1S/C24H16N2O3/c27-21(16-10-4-1-5-11-16)19-20(22(28)17-12-6-2-7-13-17)26-24(25-19)23(29)18-14-8-3-9-15-18/h1-15H,(H,25,26). The molecule has 1 aromatic heterocycles. The molecule has 0 saturated heterocycles. The second kappa shape index (κ2) is 7.86. The molecule has 3 aromatic carbocycles. The maximum absolute atomic E-state index is 13.0. The predicted octanol–water partition coefficient (Wildman–Crippen LogP) is 4.10. The van der Waals surface area contributed by atoms with Gasteiger partial charge in [0.1, 0.15) is 11.4 Å². The van der Waals surface area contributed by atoms with Crippen molar-refractivity contribution in [2.75, 3.05) is 0 Å². The highest BCUT2D eigenvalue weighted by Gasteiger charge is 2.27. The zero-order valence-electron chi connectivity index (χ0n) is 15.3. The highest BCUT2D eigenvalue weighted by molar-refractivity contribution is 6.19. The highest BCUT2D eigenvalue weighted by Crippen LogP contribution is 2.18. The topological polar surface area (TPSA) is 79.9 Å². The quantitative estimate of drug-likeness (QED) is 0.511. The van der Waals surface area contributed by atoms with Crippen molar-refractivity contribution in [1.82, 2.24) is 9.97 Å². The molecule has 0 unspecified atom stereocenters. The summed E-state index contributed by atoms with van der Waals surface area (Å²) in [5.74, 6) is -1.26. The summed E-state index contributed by atoms with van der Waals surface area (Å²) in [6.45, 7) is 0. The van der Waals surface area contributed by atoms with Gasteiger partial charge in [0.05, 0.1) is 0 Å². The van der Waals surface area contributed by atoms with E-state index < -0.39 is 11.6 Å². The van der Waals surface area contributed by atoms with E-state index in [0.29, 0.717) is 16.7 Å². The molecule has 0 aliphatic heterocycles. The van der Waals surface area contributed by atoms with Crippen LogP contribution < -0.4 is 0 Å². The lowest BCUT2D eigenvalue weighted by Crippen LogP contribution is -2.11. The summed E-state index contributed by atoms with van der Waals surface area (Å²) >= 11 is 0. The van der Waals surface area contributed by atoms with Gasteiger partial charge in [-0.2, -0.15) is 0 Å². The number of imidazole rings is 1. The third kappa shape index (κ3) is 3.66. The minimum Gasteiger partial charge on any atom is -0.332 e. The minimum absolute atomic E-state index is 0.00401. The average Bonchev–Trinajstić information content (AvgIpc) is 3.24. The molecule has 0 spiro atoms. The van der Waals surface area contributed by atoms with Gasteiger partial charge in [0.2, 0.25) is 17.3 Å². The van der Waals surface area contributed by atoms with Gasteiger partial charge in [-0.25, -0.2) is 4.98 Å². The Morgan fingerprint density at radius 2 is 0.966 bits per heavy atom. The number of carbonyl (C=O) groups excluding carboxylic acids is 3. The lowest BCUT2D eigenvalue weighted by atomic mass is 10.0. The fourth-order valence-corrected chi connectivity index (χ4v) is 3.00. The molecule has 0 saturated carbocycles. The van der Waals surface area contributed by atoms with Gasteiger partial charge in [0, 0.05) is 16.7 Å². The number of hydrogen-bond donors (Lipinski definition) is 1. The maximum atomic E-state index is 13.0. The molecule has 0 amide bonds. The van der Waals surface area contributed by atoms with Crippen molar-refractivity contribution in [3.63, 3.8) is 0 Å². The summed E-state index contributed by atoms with van der Waals surface area (Å²) in [5, 5.41) is 0. The van der Waals surface area contributed by atoms with Crippen LogP contribution in [0.5, 0.6) is 0 Å². The summed E-state index contributed by atoms with van der Waals surface area (Å²) < 4.78 is 0. The summed E-state index contributed by atoms with van der Waals surface area (Å²) in [7, 11) is 0. The van der Waals surface area contributed by atoms with Gasteiger partial charge in [-0.3, -0.25) is 14.4 Å². The van der Waals surface area contributed by atoms with Crippen molar-refractivity contribution in [2.24, 2.45) is 0 Å². The first kappa shape index (κ1) is 18.3. The molecular weight excluding hydrogens is 364 g/mol. The van der Waals surface area contributed by atoms with Crippen LogP contribution in [0.25, 0.3) is 0 Å². The first-order valence-electron chi connectivity index (χ1n) is 9.04. The first-order valence-corrected chi connectivity index (χ1v) is 9.04. The number of rotatable bonds is 6. The van der Waals surface area contributed by atoms with Crippen molar-refractivity contribution in [3.05, 3.63) is 125 Å². The van der Waals surface area contributed by atoms with E-state index in [0.717, 1.165) is 0 Å². The number of benzene rings is 3. The Bertz CT molecular complexity index is 1110. The van der Waals surface area contributed by atoms with Crippen molar-refractivity contribution in [2.45, 2.75) is 0 Å². The van der Waals surface area contributed by atoms with Crippen LogP contribution in [0.4, 0.5) is 0 Å². The van der Waals surface area contributed by atoms with E-state index in [4.69, 9.17) is 0 Å². The molecule has 4 aromatic rings. The van der Waals surface area contributed by atoms with Gasteiger partial charge in [-0.05, 0) is 0 Å². The Kier molecular flexibility index (Phi) is 4.95. The van der Waals surface area contributed by atoms with Crippen LogP contribution in [0.15, 0.2) is 91.0 Å². The van der Waals surface area contributed by atoms with E-state index in [9.17, 15) is 14.4 Å². The Labute approximate surface area is 167 Å².